The molecule has 0 saturated heterocycles. The Morgan fingerprint density at radius 2 is 1.93 bits per heavy atom. The molecule has 0 unspecified atom stereocenters. The van der Waals surface area contributed by atoms with Crippen molar-refractivity contribution < 1.29 is 26.7 Å². The van der Waals surface area contributed by atoms with Crippen LogP contribution in [0.25, 0.3) is 17.2 Å². The maximum atomic E-state index is 13.5. The van der Waals surface area contributed by atoms with Gasteiger partial charge in [0.1, 0.15) is 11.5 Å². The summed E-state index contributed by atoms with van der Waals surface area (Å²) in [5, 5.41) is 10.8. The second kappa shape index (κ2) is 8.16. The van der Waals surface area contributed by atoms with E-state index in [2.05, 4.69) is 24.6 Å². The molecule has 146 valence electrons. The normalized spacial score (nSPS) is 11.4. The first-order valence-electron chi connectivity index (χ1n) is 7.30. The number of alkyl halides is 3. The summed E-state index contributed by atoms with van der Waals surface area (Å²) >= 11 is 0. The molecule has 0 aliphatic rings. The molecule has 0 saturated carbocycles. The number of aromatic nitrogens is 4. The molecule has 8 nitrogen and oxygen atoms in total. The van der Waals surface area contributed by atoms with Gasteiger partial charge in [0.25, 0.3) is 0 Å². The second-order valence-electron chi connectivity index (χ2n) is 5.22. The van der Waals surface area contributed by atoms with Gasteiger partial charge < -0.3 is 5.73 Å². The summed E-state index contributed by atoms with van der Waals surface area (Å²) in [6.45, 7) is 0.352. The minimum Gasteiger partial charge on any atom is -0.330 e. The summed E-state index contributed by atoms with van der Waals surface area (Å²) in [5.41, 5.74) is 3.91. The van der Waals surface area contributed by atoms with E-state index >= 15 is 0 Å². The third-order valence-electron chi connectivity index (χ3n) is 3.50. The largest absolute Gasteiger partial charge is 0.446 e. The van der Waals surface area contributed by atoms with E-state index in [1.165, 1.54) is 0 Å². The third-order valence-corrected chi connectivity index (χ3v) is 3.50. The fourth-order valence-corrected chi connectivity index (χ4v) is 2.31. The van der Waals surface area contributed by atoms with Gasteiger partial charge in [-0.05, 0) is 42.7 Å². The molecule has 0 amide bonds. The van der Waals surface area contributed by atoms with Crippen LogP contribution in [-0.4, -0.2) is 26.6 Å². The van der Waals surface area contributed by atoms with E-state index in [0.717, 1.165) is 10.6 Å². The first kappa shape index (κ1) is 21.0. The second-order valence-corrected chi connectivity index (χ2v) is 5.22. The molecule has 13 heteroatoms. The zero-order chi connectivity index (χ0) is 18.9. The number of benzene rings is 1. The molecule has 2 aromatic heterocycles. The lowest BCUT2D eigenvalue weighted by atomic mass is 10.1. The number of aryl methyl sites for hydroxylation is 1. The monoisotopic (exact) mass is 501 g/mol. The smallest absolute Gasteiger partial charge is 0.330 e. The number of hydrogen-bond donors (Lipinski definition) is 1. The molecule has 1 aromatic carbocycles. The van der Waals surface area contributed by atoms with Gasteiger partial charge in [0.05, 0.1) is 11.3 Å². The first-order chi connectivity index (χ1) is 12.3. The van der Waals surface area contributed by atoms with Gasteiger partial charge in [-0.1, -0.05) is 10.3 Å². The van der Waals surface area contributed by atoms with Gasteiger partial charge in [-0.2, -0.15) is 13.2 Å². The number of rotatable bonds is 5. The van der Waals surface area contributed by atoms with Crippen molar-refractivity contribution in [2.45, 2.75) is 19.0 Å². The highest BCUT2D eigenvalue weighted by molar-refractivity contribution is 14.0. The van der Waals surface area contributed by atoms with Gasteiger partial charge in [0.15, 0.2) is 5.69 Å². The summed E-state index contributed by atoms with van der Waals surface area (Å²) in [4.78, 5) is 12.0. The van der Waals surface area contributed by atoms with Gasteiger partial charge in [-0.25, -0.2) is 18.4 Å². The molecule has 0 aliphatic carbocycles. The van der Waals surface area contributed by atoms with Crippen molar-refractivity contribution in [3.8, 4) is 17.2 Å². The Morgan fingerprint density at radius 3 is 2.59 bits per heavy atom. The van der Waals surface area contributed by atoms with Crippen molar-refractivity contribution >= 4 is 24.0 Å². The van der Waals surface area contributed by atoms with E-state index in [0.29, 0.717) is 37.2 Å². The Bertz CT molecular complexity index is 982. The Labute approximate surface area is 165 Å². The molecule has 0 radical (unpaired) electrons. The van der Waals surface area contributed by atoms with Crippen LogP contribution in [0.4, 0.5) is 17.6 Å². The molecule has 0 atom stereocenters. The van der Waals surface area contributed by atoms with Crippen molar-refractivity contribution in [3.63, 3.8) is 0 Å². The molecule has 0 bridgehead atoms. The maximum absolute atomic E-state index is 13.5. The van der Waals surface area contributed by atoms with Crippen molar-refractivity contribution in [1.82, 2.24) is 20.0 Å². The van der Waals surface area contributed by atoms with Gasteiger partial charge >= 0.3 is 11.9 Å². The van der Waals surface area contributed by atoms with E-state index in [1.807, 2.05) is 0 Å². The van der Waals surface area contributed by atoms with Gasteiger partial charge in [0.2, 0.25) is 5.82 Å². The van der Waals surface area contributed by atoms with Crippen molar-refractivity contribution in [2.24, 2.45) is 5.73 Å². The van der Waals surface area contributed by atoms with Crippen LogP contribution >= 0.6 is 24.0 Å². The number of hydrogen-bond acceptors (Lipinski definition) is 7. The molecule has 2 heterocycles. The average Bonchev–Trinajstić information content (AvgIpc) is 3.18. The minimum atomic E-state index is -4.94. The van der Waals surface area contributed by atoms with E-state index in [4.69, 9.17) is 5.73 Å². The maximum Gasteiger partial charge on any atom is 0.446 e. The van der Waals surface area contributed by atoms with Gasteiger partial charge in [0, 0.05) is 0 Å². The lowest BCUT2D eigenvalue weighted by molar-refractivity contribution is -0.140. The van der Waals surface area contributed by atoms with Crippen LogP contribution in [0.2, 0.25) is 0 Å². The van der Waals surface area contributed by atoms with Crippen LogP contribution in [0.1, 0.15) is 17.7 Å². The van der Waals surface area contributed by atoms with Crippen molar-refractivity contribution in [3.05, 3.63) is 45.8 Å². The Morgan fingerprint density at radius 1 is 1.19 bits per heavy atom. The summed E-state index contributed by atoms with van der Waals surface area (Å²) in [7, 11) is 0. The van der Waals surface area contributed by atoms with Crippen LogP contribution < -0.4 is 11.5 Å². The predicted molar refractivity (Wildman–Crippen MR) is 93.1 cm³/mol. The lowest BCUT2D eigenvalue weighted by Crippen LogP contribution is -2.16. The zero-order valence-corrected chi connectivity index (χ0v) is 15.7. The van der Waals surface area contributed by atoms with Crippen molar-refractivity contribution in [2.75, 3.05) is 6.54 Å². The molecule has 2 N–H and O–H groups in total. The zero-order valence-electron chi connectivity index (χ0n) is 13.4. The lowest BCUT2D eigenvalue weighted by Gasteiger charge is -2.10. The molecule has 0 aliphatic heterocycles. The van der Waals surface area contributed by atoms with E-state index in [-0.39, 0.29) is 41.2 Å². The minimum absolute atomic E-state index is 0. The molecule has 27 heavy (non-hydrogen) atoms. The highest BCUT2D eigenvalue weighted by Gasteiger charge is 2.35. The molecule has 3 aromatic rings. The molecule has 0 fully saturated rings. The third kappa shape index (κ3) is 4.18. The quantitative estimate of drug-likeness (QED) is 0.423. The van der Waals surface area contributed by atoms with Crippen LogP contribution in [0.15, 0.2) is 32.1 Å². The predicted octanol–water partition coefficient (Wildman–Crippen LogP) is 2.54. The first-order valence-corrected chi connectivity index (χ1v) is 7.30. The van der Waals surface area contributed by atoms with Crippen molar-refractivity contribution in [1.29, 1.82) is 0 Å². The summed E-state index contributed by atoms with van der Waals surface area (Å²) in [6, 6.07) is 2.06. The average molecular weight is 501 g/mol. The molecular weight excluding hydrogens is 489 g/mol. The van der Waals surface area contributed by atoms with Crippen LogP contribution in [0, 0.1) is 5.82 Å². The fourth-order valence-electron chi connectivity index (χ4n) is 2.31. The summed E-state index contributed by atoms with van der Waals surface area (Å²) in [5.74, 6) is -2.77. The Balaban J connectivity index is 0.00000261. The fraction of sp³-hybridized carbons (Fsp3) is 0.286. The summed E-state index contributed by atoms with van der Waals surface area (Å²) in [6.07, 6.45) is -4.07. The number of nitrogens with zero attached hydrogens (tertiary/aromatic N) is 4. The standard InChI is InChI=1S/C14H11F4N5O3.HI/c15-9-4-3-7(6-8(9)14(16,17)18)23-12(22-25-13(23)24)11-10(2-1-5-19)20-26-21-11;/h3-4,6H,1-2,5,19H2;1H. The van der Waals surface area contributed by atoms with Gasteiger partial charge in [-0.3, -0.25) is 4.52 Å². The molecule has 0 spiro atoms. The van der Waals surface area contributed by atoms with E-state index in [9.17, 15) is 22.4 Å². The topological polar surface area (TPSA) is 113 Å². The Hall–Kier alpha value is -2.29. The molecule has 3 rings (SSSR count). The number of halogens is 5. The highest BCUT2D eigenvalue weighted by Crippen LogP contribution is 2.33. The van der Waals surface area contributed by atoms with E-state index in [1.54, 1.807) is 0 Å². The van der Waals surface area contributed by atoms with Crippen LogP contribution in [0.3, 0.4) is 0 Å². The van der Waals surface area contributed by atoms with Gasteiger partial charge in [-0.15, -0.1) is 24.0 Å². The highest BCUT2D eigenvalue weighted by atomic mass is 127. The van der Waals surface area contributed by atoms with Crippen LogP contribution in [0.5, 0.6) is 0 Å². The SMILES string of the molecule is I.NCCCc1nonc1-c1noc(=O)n1-c1ccc(F)c(C(F)(F)F)c1. The summed E-state index contributed by atoms with van der Waals surface area (Å²) < 4.78 is 62.2. The number of nitrogens with two attached hydrogens (primary N) is 1. The van der Waals surface area contributed by atoms with E-state index < -0.39 is 23.3 Å². The van der Waals surface area contributed by atoms with Crippen LogP contribution in [-0.2, 0) is 12.6 Å². The molecular formula is C14H12F4IN5O3. The Kier molecular flexibility index (Phi) is 6.35.